The van der Waals surface area contributed by atoms with E-state index in [0.717, 1.165) is 7.11 Å². The molecule has 0 spiro atoms. The first-order valence-electron chi connectivity index (χ1n) is 10.2. The van der Waals surface area contributed by atoms with Crippen LogP contribution in [0.3, 0.4) is 0 Å². The van der Waals surface area contributed by atoms with Gasteiger partial charge in [0.1, 0.15) is 11.6 Å². The number of fused-ring (bicyclic) bond motifs is 1. The fourth-order valence-electron chi connectivity index (χ4n) is 3.85. The summed E-state index contributed by atoms with van der Waals surface area (Å²) in [5.41, 5.74) is 0.265. The molecule has 0 saturated carbocycles. The number of hydrogen-bond donors (Lipinski definition) is 4. The number of hydrogen-bond acceptors (Lipinski definition) is 4. The zero-order valence-electron chi connectivity index (χ0n) is 18.5. The van der Waals surface area contributed by atoms with E-state index in [9.17, 15) is 32.6 Å². The molecule has 1 aliphatic rings. The van der Waals surface area contributed by atoms with Crippen molar-refractivity contribution in [1.29, 1.82) is 0 Å². The second-order valence-electron chi connectivity index (χ2n) is 9.04. The highest BCUT2D eigenvalue weighted by atomic mass is 19.4. The third-order valence-electron chi connectivity index (χ3n) is 5.60. The molecule has 0 radical (unpaired) electrons. The van der Waals surface area contributed by atoms with Crippen molar-refractivity contribution in [1.82, 2.24) is 5.32 Å². The summed E-state index contributed by atoms with van der Waals surface area (Å²) in [6.07, 6.45) is -8.66. The summed E-state index contributed by atoms with van der Waals surface area (Å²) in [4.78, 5) is 12.7. The zero-order chi connectivity index (χ0) is 24.7. The number of halogens is 4. The lowest BCUT2D eigenvalue weighted by atomic mass is 9.84. The maximum absolute atomic E-state index is 13.5. The molecule has 4 N–H and O–H groups in total. The molecule has 6 nitrogen and oxygen atoms in total. The maximum Gasteiger partial charge on any atom is 0.418 e. The number of nitrogens with one attached hydrogen (secondary N) is 2. The number of aliphatic hydroxyl groups excluding tert-OH is 2. The van der Waals surface area contributed by atoms with E-state index < -0.39 is 47.3 Å². The van der Waals surface area contributed by atoms with Crippen LogP contribution in [0.2, 0.25) is 0 Å². The highest BCUT2D eigenvalue weighted by molar-refractivity contribution is 5.92. The van der Waals surface area contributed by atoms with E-state index in [4.69, 9.17) is 4.74 Å². The first-order valence-corrected chi connectivity index (χ1v) is 10.2. The molecule has 33 heavy (non-hydrogen) atoms. The van der Waals surface area contributed by atoms with Gasteiger partial charge in [-0.3, -0.25) is 0 Å². The molecule has 180 valence electrons. The number of aliphatic hydroxyl groups is 2. The first-order chi connectivity index (χ1) is 15.2. The van der Waals surface area contributed by atoms with Gasteiger partial charge in [-0.05, 0) is 52.8 Å². The van der Waals surface area contributed by atoms with Gasteiger partial charge >= 0.3 is 12.2 Å². The van der Waals surface area contributed by atoms with Crippen LogP contribution in [-0.2, 0) is 11.8 Å². The molecule has 3 rings (SSSR count). The average Bonchev–Trinajstić information content (AvgIpc) is 2.99. The molecule has 0 aromatic heterocycles. The fraction of sp³-hybridized carbons (Fsp3) is 0.435. The van der Waals surface area contributed by atoms with Gasteiger partial charge in [-0.2, -0.15) is 13.2 Å². The molecule has 0 fully saturated rings. The summed E-state index contributed by atoms with van der Waals surface area (Å²) >= 11 is 0. The van der Waals surface area contributed by atoms with Gasteiger partial charge < -0.3 is 25.6 Å². The normalized spacial score (nSPS) is 19.1. The Bertz CT molecular complexity index is 1050. The van der Waals surface area contributed by atoms with Gasteiger partial charge in [0.2, 0.25) is 0 Å². The summed E-state index contributed by atoms with van der Waals surface area (Å²) in [5.74, 6) is -0.800. The van der Waals surface area contributed by atoms with E-state index in [1.807, 2.05) is 0 Å². The van der Waals surface area contributed by atoms with Crippen LogP contribution in [0.15, 0.2) is 30.3 Å². The molecule has 0 saturated heterocycles. The summed E-state index contributed by atoms with van der Waals surface area (Å²) in [6, 6.07) is 5.03. The number of anilines is 1. The van der Waals surface area contributed by atoms with Crippen molar-refractivity contribution >= 4 is 11.7 Å². The van der Waals surface area contributed by atoms with E-state index in [1.165, 1.54) is 30.3 Å². The van der Waals surface area contributed by atoms with Crippen LogP contribution in [0.1, 0.15) is 55.2 Å². The van der Waals surface area contributed by atoms with Crippen LogP contribution in [-0.4, -0.2) is 35.6 Å². The van der Waals surface area contributed by atoms with Crippen molar-refractivity contribution in [2.45, 2.75) is 57.0 Å². The van der Waals surface area contributed by atoms with Crippen LogP contribution in [0.4, 0.5) is 28.0 Å². The number of benzene rings is 2. The van der Waals surface area contributed by atoms with Crippen LogP contribution in [0.25, 0.3) is 0 Å². The van der Waals surface area contributed by atoms with E-state index in [0.29, 0.717) is 16.7 Å². The summed E-state index contributed by atoms with van der Waals surface area (Å²) in [5, 5.41) is 25.4. The Morgan fingerprint density at radius 2 is 1.85 bits per heavy atom. The number of carbonyl (C=O) groups excluding carboxylic acids is 1. The summed E-state index contributed by atoms with van der Waals surface area (Å²) in [7, 11) is 1.13. The van der Waals surface area contributed by atoms with Crippen LogP contribution < -0.4 is 15.4 Å². The number of amides is 2. The van der Waals surface area contributed by atoms with Crippen molar-refractivity contribution in [3.05, 3.63) is 58.4 Å². The molecule has 1 aliphatic carbocycles. The Hall–Kier alpha value is -2.85. The number of methoxy groups -OCH3 is 1. The standard InChI is InChI=1S/C23H26F4N2O4/c1-22(2,3)12-9-15(20(31)23(25,26)27)19(33-4)17(10-12)29-21(32)28-16-8-11-7-13(24)5-6-14(11)18(16)30/h5-7,9-10,16,18,20,30-31H,8H2,1-4H3,(H2,28,29,32). The molecule has 2 amide bonds. The van der Waals surface area contributed by atoms with Gasteiger partial charge in [0.15, 0.2) is 6.10 Å². The Labute approximate surface area is 188 Å². The zero-order valence-corrected chi connectivity index (χ0v) is 18.5. The SMILES string of the molecule is COc1c(NC(=O)NC2Cc3cc(F)ccc3C2O)cc(C(C)(C)C)cc1C(O)C(F)(F)F. The quantitative estimate of drug-likeness (QED) is 0.495. The second-order valence-corrected chi connectivity index (χ2v) is 9.04. The van der Waals surface area contributed by atoms with Crippen molar-refractivity contribution < 1.29 is 37.3 Å². The molecule has 2 aromatic rings. The minimum absolute atomic E-state index is 0.0724. The Morgan fingerprint density at radius 1 is 1.18 bits per heavy atom. The summed E-state index contributed by atoms with van der Waals surface area (Å²) in [6.45, 7) is 5.31. The van der Waals surface area contributed by atoms with E-state index in [-0.39, 0.29) is 17.9 Å². The van der Waals surface area contributed by atoms with Gasteiger partial charge in [-0.15, -0.1) is 0 Å². The van der Waals surface area contributed by atoms with Gasteiger partial charge in [0.25, 0.3) is 0 Å². The van der Waals surface area contributed by atoms with Crippen LogP contribution in [0.5, 0.6) is 5.75 Å². The van der Waals surface area contributed by atoms with Gasteiger partial charge in [-0.1, -0.05) is 26.8 Å². The third kappa shape index (κ3) is 5.22. The first kappa shape index (κ1) is 24.8. The molecular weight excluding hydrogens is 444 g/mol. The number of ether oxygens (including phenoxy) is 1. The lowest BCUT2D eigenvalue weighted by Crippen LogP contribution is -2.40. The van der Waals surface area contributed by atoms with Gasteiger partial charge in [0.05, 0.1) is 24.9 Å². The maximum atomic E-state index is 13.5. The minimum Gasteiger partial charge on any atom is -0.494 e. The molecule has 0 aliphatic heterocycles. The molecule has 0 bridgehead atoms. The number of urea groups is 1. The summed E-state index contributed by atoms with van der Waals surface area (Å²) < 4.78 is 58.5. The number of carbonyl (C=O) groups is 1. The second kappa shape index (κ2) is 8.83. The number of alkyl halides is 3. The number of rotatable bonds is 4. The van der Waals surface area contributed by atoms with E-state index >= 15 is 0 Å². The van der Waals surface area contributed by atoms with Crippen molar-refractivity contribution in [3.63, 3.8) is 0 Å². The van der Waals surface area contributed by atoms with Gasteiger partial charge in [0, 0.05) is 5.56 Å². The molecule has 3 atom stereocenters. The van der Waals surface area contributed by atoms with E-state index in [1.54, 1.807) is 20.8 Å². The van der Waals surface area contributed by atoms with E-state index in [2.05, 4.69) is 10.6 Å². The van der Waals surface area contributed by atoms with Gasteiger partial charge in [-0.25, -0.2) is 9.18 Å². The monoisotopic (exact) mass is 470 g/mol. The molecule has 10 heteroatoms. The topological polar surface area (TPSA) is 90.8 Å². The molecule has 0 heterocycles. The predicted molar refractivity (Wildman–Crippen MR) is 114 cm³/mol. The Morgan fingerprint density at radius 3 is 2.42 bits per heavy atom. The Kier molecular flexibility index (Phi) is 6.63. The fourth-order valence-corrected chi connectivity index (χ4v) is 3.85. The highest BCUT2D eigenvalue weighted by Crippen LogP contribution is 2.43. The lowest BCUT2D eigenvalue weighted by molar-refractivity contribution is -0.207. The van der Waals surface area contributed by atoms with Crippen LogP contribution >= 0.6 is 0 Å². The molecule has 3 unspecified atom stereocenters. The average molecular weight is 470 g/mol. The van der Waals surface area contributed by atoms with Crippen molar-refractivity contribution in [3.8, 4) is 5.75 Å². The third-order valence-corrected chi connectivity index (χ3v) is 5.60. The smallest absolute Gasteiger partial charge is 0.418 e. The van der Waals surface area contributed by atoms with Crippen molar-refractivity contribution in [2.24, 2.45) is 0 Å². The predicted octanol–water partition coefficient (Wildman–Crippen LogP) is 4.51. The van der Waals surface area contributed by atoms with Crippen LogP contribution in [0, 0.1) is 5.82 Å². The lowest BCUT2D eigenvalue weighted by Gasteiger charge is -2.26. The minimum atomic E-state index is -4.95. The van der Waals surface area contributed by atoms with Crippen molar-refractivity contribution in [2.75, 3.05) is 12.4 Å². The largest absolute Gasteiger partial charge is 0.494 e. The highest BCUT2D eigenvalue weighted by Gasteiger charge is 2.42. The Balaban J connectivity index is 1.90. The molecular formula is C23H26F4N2O4. The molecule has 2 aromatic carbocycles.